The van der Waals surface area contributed by atoms with Crippen molar-refractivity contribution >= 4 is 38.9 Å². The Kier molecular flexibility index (Phi) is 3.87. The number of hydrogen-bond acceptors (Lipinski definition) is 7. The van der Waals surface area contributed by atoms with Crippen LogP contribution in [-0.2, 0) is 6.54 Å². The van der Waals surface area contributed by atoms with E-state index in [-0.39, 0.29) is 0 Å². The normalized spacial score (nSPS) is 10.3. The van der Waals surface area contributed by atoms with Gasteiger partial charge in [-0.2, -0.15) is 0 Å². The third kappa shape index (κ3) is 2.90. The summed E-state index contributed by atoms with van der Waals surface area (Å²) in [5.41, 5.74) is 2.49. The highest BCUT2D eigenvalue weighted by molar-refractivity contribution is 9.10. The molecule has 0 aliphatic carbocycles. The zero-order valence-electron chi connectivity index (χ0n) is 9.07. The molecule has 0 amide bonds. The number of nitrogen functional groups attached to an aromatic ring is 1. The van der Waals surface area contributed by atoms with Crippen LogP contribution >= 0.6 is 27.3 Å². The first-order chi connectivity index (χ1) is 8.20. The third-order valence-electron chi connectivity index (χ3n) is 2.03. The molecule has 0 unspecified atom stereocenters. The van der Waals surface area contributed by atoms with Crippen LogP contribution in [0.4, 0.5) is 11.6 Å². The molecule has 2 rings (SSSR count). The molecular weight excluding hydrogens is 304 g/mol. The van der Waals surface area contributed by atoms with Crippen molar-refractivity contribution in [2.24, 2.45) is 5.84 Å². The minimum Gasteiger partial charge on any atom is -0.364 e. The molecule has 0 fully saturated rings. The molecule has 0 aromatic carbocycles. The maximum absolute atomic E-state index is 5.32. The number of halogens is 1. The van der Waals surface area contributed by atoms with Crippen molar-refractivity contribution in [3.8, 4) is 0 Å². The number of nitrogens with zero attached hydrogens (tertiary/aromatic N) is 3. The molecule has 17 heavy (non-hydrogen) atoms. The van der Waals surface area contributed by atoms with E-state index in [1.54, 1.807) is 11.3 Å². The first-order valence-corrected chi connectivity index (χ1v) is 6.44. The molecule has 0 radical (unpaired) electrons. The number of thiazole rings is 1. The van der Waals surface area contributed by atoms with Crippen molar-refractivity contribution in [2.45, 2.75) is 13.5 Å². The van der Waals surface area contributed by atoms with Crippen molar-refractivity contribution in [2.75, 3.05) is 10.7 Å². The highest BCUT2D eigenvalue weighted by Gasteiger charge is 2.07. The van der Waals surface area contributed by atoms with Gasteiger partial charge >= 0.3 is 0 Å². The minimum atomic E-state index is 0.544. The van der Waals surface area contributed by atoms with E-state index < -0.39 is 0 Å². The van der Waals surface area contributed by atoms with Gasteiger partial charge in [0.05, 0.1) is 11.6 Å². The Morgan fingerprint density at radius 3 is 2.76 bits per heavy atom. The van der Waals surface area contributed by atoms with E-state index in [2.05, 4.69) is 41.6 Å². The molecule has 8 heteroatoms. The lowest BCUT2D eigenvalue weighted by Crippen LogP contribution is -2.11. The molecule has 0 bridgehead atoms. The van der Waals surface area contributed by atoms with E-state index >= 15 is 0 Å². The highest BCUT2D eigenvalue weighted by Crippen LogP contribution is 2.26. The molecule has 0 saturated carbocycles. The van der Waals surface area contributed by atoms with E-state index in [0.29, 0.717) is 22.7 Å². The molecule has 2 heterocycles. The summed E-state index contributed by atoms with van der Waals surface area (Å²) < 4.78 is 0.712. The quantitative estimate of drug-likeness (QED) is 0.590. The molecule has 0 aliphatic rings. The van der Waals surface area contributed by atoms with Crippen LogP contribution in [0.5, 0.6) is 0 Å². The number of hydrazine groups is 1. The summed E-state index contributed by atoms with van der Waals surface area (Å²) in [4.78, 5) is 13.4. The summed E-state index contributed by atoms with van der Waals surface area (Å²) in [5.74, 6) is 6.56. The minimum absolute atomic E-state index is 0.544. The Balaban J connectivity index is 2.09. The lowest BCUT2D eigenvalue weighted by atomic mass is 10.5. The molecule has 0 aliphatic heterocycles. The van der Waals surface area contributed by atoms with Crippen LogP contribution in [0.3, 0.4) is 0 Å². The van der Waals surface area contributed by atoms with Crippen molar-refractivity contribution in [3.63, 3.8) is 0 Å². The van der Waals surface area contributed by atoms with Crippen LogP contribution in [0.15, 0.2) is 17.0 Å². The summed E-state index contributed by atoms with van der Waals surface area (Å²) in [5, 5.41) is 4.24. The van der Waals surface area contributed by atoms with Crippen molar-refractivity contribution in [3.05, 3.63) is 26.9 Å². The zero-order chi connectivity index (χ0) is 12.3. The molecule has 6 nitrogen and oxygen atoms in total. The fraction of sp³-hybridized carbons (Fsp3) is 0.222. The number of anilines is 2. The second-order valence-electron chi connectivity index (χ2n) is 3.23. The average Bonchev–Trinajstić information content (AvgIpc) is 2.74. The predicted molar refractivity (Wildman–Crippen MR) is 71.7 cm³/mol. The Labute approximate surface area is 111 Å². The van der Waals surface area contributed by atoms with Gasteiger partial charge in [-0.05, 0) is 22.9 Å². The Bertz CT molecular complexity index is 514. The van der Waals surface area contributed by atoms with Gasteiger partial charge in [0.15, 0.2) is 5.82 Å². The summed E-state index contributed by atoms with van der Waals surface area (Å²) in [6, 6.07) is 0. The van der Waals surface area contributed by atoms with E-state index in [9.17, 15) is 0 Å². The number of hydrogen-bond donors (Lipinski definition) is 3. The fourth-order valence-corrected chi connectivity index (χ4v) is 2.45. The highest BCUT2D eigenvalue weighted by atomic mass is 79.9. The number of aromatic nitrogens is 3. The molecule has 2 aromatic heterocycles. The number of nitrogens with one attached hydrogen (secondary N) is 2. The van der Waals surface area contributed by atoms with Gasteiger partial charge in [0.25, 0.3) is 0 Å². The first kappa shape index (κ1) is 12.2. The average molecular weight is 315 g/mol. The van der Waals surface area contributed by atoms with E-state index in [0.717, 1.165) is 9.88 Å². The summed E-state index contributed by atoms with van der Waals surface area (Å²) >= 11 is 5.03. The second kappa shape index (κ2) is 5.39. The van der Waals surface area contributed by atoms with E-state index in [4.69, 9.17) is 5.84 Å². The molecular formula is C9H11BrN6S. The van der Waals surface area contributed by atoms with Crippen LogP contribution in [0.25, 0.3) is 0 Å². The molecule has 4 N–H and O–H groups in total. The molecule has 0 atom stereocenters. The largest absolute Gasteiger partial charge is 0.364 e. The van der Waals surface area contributed by atoms with Gasteiger partial charge in [0, 0.05) is 11.1 Å². The Morgan fingerprint density at radius 1 is 1.35 bits per heavy atom. The smallest absolute Gasteiger partial charge is 0.159 e. The lowest BCUT2D eigenvalue weighted by molar-refractivity contribution is 1.07. The Morgan fingerprint density at radius 2 is 2.12 bits per heavy atom. The van der Waals surface area contributed by atoms with Gasteiger partial charge in [-0.3, -0.25) is 0 Å². The monoisotopic (exact) mass is 314 g/mol. The molecule has 2 aromatic rings. The number of aryl methyl sites for hydroxylation is 1. The standard InChI is InChI=1S/C9H11BrN6S/c1-5-12-2-6(17-5)3-13-8-7(10)9(16-11)15-4-14-8/h2,4H,3,11H2,1H3,(H2,13,14,15,16). The maximum atomic E-state index is 5.32. The molecule has 90 valence electrons. The van der Waals surface area contributed by atoms with Crippen LogP contribution in [0.1, 0.15) is 9.88 Å². The van der Waals surface area contributed by atoms with Crippen LogP contribution in [0.2, 0.25) is 0 Å². The zero-order valence-corrected chi connectivity index (χ0v) is 11.5. The Hall–Kier alpha value is -1.25. The summed E-state index contributed by atoms with van der Waals surface area (Å²) in [7, 11) is 0. The number of nitrogens with two attached hydrogens (primary N) is 1. The van der Waals surface area contributed by atoms with Gasteiger partial charge in [-0.25, -0.2) is 20.8 Å². The first-order valence-electron chi connectivity index (χ1n) is 4.83. The number of rotatable bonds is 4. The van der Waals surface area contributed by atoms with Gasteiger partial charge in [0.1, 0.15) is 16.6 Å². The van der Waals surface area contributed by atoms with Crippen LogP contribution < -0.4 is 16.6 Å². The second-order valence-corrected chi connectivity index (χ2v) is 5.34. The molecule has 0 spiro atoms. The fourth-order valence-electron chi connectivity index (χ4n) is 1.25. The van der Waals surface area contributed by atoms with Crippen molar-refractivity contribution in [1.29, 1.82) is 0 Å². The summed E-state index contributed by atoms with van der Waals surface area (Å²) in [6.45, 7) is 2.65. The van der Waals surface area contributed by atoms with Gasteiger partial charge in [0.2, 0.25) is 0 Å². The maximum Gasteiger partial charge on any atom is 0.159 e. The van der Waals surface area contributed by atoms with E-state index in [1.165, 1.54) is 6.33 Å². The van der Waals surface area contributed by atoms with Gasteiger partial charge in [-0.1, -0.05) is 0 Å². The van der Waals surface area contributed by atoms with Crippen molar-refractivity contribution in [1.82, 2.24) is 15.0 Å². The van der Waals surface area contributed by atoms with Crippen molar-refractivity contribution < 1.29 is 0 Å². The van der Waals surface area contributed by atoms with Crippen LogP contribution in [-0.4, -0.2) is 15.0 Å². The van der Waals surface area contributed by atoms with Gasteiger partial charge < -0.3 is 10.7 Å². The summed E-state index contributed by atoms with van der Waals surface area (Å²) in [6.07, 6.45) is 3.30. The van der Waals surface area contributed by atoms with Gasteiger partial charge in [-0.15, -0.1) is 11.3 Å². The topological polar surface area (TPSA) is 88.8 Å². The predicted octanol–water partition coefficient (Wildman–Crippen LogP) is 1.90. The third-order valence-corrected chi connectivity index (χ3v) is 3.69. The SMILES string of the molecule is Cc1ncc(CNc2ncnc(NN)c2Br)s1. The van der Waals surface area contributed by atoms with Crippen LogP contribution in [0, 0.1) is 6.92 Å². The van der Waals surface area contributed by atoms with E-state index in [1.807, 2.05) is 13.1 Å². The molecule has 0 saturated heterocycles. The lowest BCUT2D eigenvalue weighted by Gasteiger charge is -2.08.